The Labute approximate surface area is 267 Å². The number of carbonyl (C=O) groups excluding carboxylic acids is 1. The normalized spacial score (nSPS) is 17.7. The van der Waals surface area contributed by atoms with Gasteiger partial charge in [-0.1, -0.05) is 23.5 Å². The van der Waals surface area contributed by atoms with Crippen LogP contribution in [0, 0.1) is 18.6 Å². The molecule has 2 saturated heterocycles. The summed E-state index contributed by atoms with van der Waals surface area (Å²) >= 11 is 2.40. The van der Waals surface area contributed by atoms with Gasteiger partial charge in [-0.3, -0.25) is 14.5 Å². The maximum atomic E-state index is 15.5. The van der Waals surface area contributed by atoms with Crippen molar-refractivity contribution in [2.75, 3.05) is 45.9 Å². The number of H-pyrrole nitrogens is 1. The SMILES string of the molecule is Cc1ccc(C(=O)N2CCOC3(CCN(Cc4ccc(F)c(CCNC[C@H](O)c5ccc(O)c6[nH]c(=O)sc56)c4F)CC3)C2)s1. The molecule has 13 heteroatoms. The molecule has 0 unspecified atom stereocenters. The smallest absolute Gasteiger partial charge is 0.305 e. The van der Waals surface area contributed by atoms with Crippen LogP contribution >= 0.6 is 22.7 Å². The molecule has 240 valence electrons. The number of fused-ring (bicyclic) bond motifs is 1. The number of piperidine rings is 1. The van der Waals surface area contributed by atoms with E-state index in [1.54, 1.807) is 6.07 Å². The third-order valence-electron chi connectivity index (χ3n) is 8.75. The van der Waals surface area contributed by atoms with Crippen molar-refractivity contribution < 1.29 is 28.5 Å². The van der Waals surface area contributed by atoms with Crippen molar-refractivity contribution in [3.05, 3.63) is 84.1 Å². The Morgan fingerprint density at radius 1 is 1.13 bits per heavy atom. The van der Waals surface area contributed by atoms with Crippen molar-refractivity contribution in [2.45, 2.75) is 44.4 Å². The van der Waals surface area contributed by atoms with Gasteiger partial charge in [-0.05, 0) is 57.0 Å². The number of halogens is 2. The molecule has 0 radical (unpaired) electrons. The van der Waals surface area contributed by atoms with Crippen LogP contribution in [0.25, 0.3) is 10.2 Å². The number of carbonyl (C=O) groups is 1. The summed E-state index contributed by atoms with van der Waals surface area (Å²) in [6, 6.07) is 9.60. The van der Waals surface area contributed by atoms with Crippen molar-refractivity contribution in [3.8, 4) is 5.75 Å². The molecular weight excluding hydrogens is 623 g/mol. The van der Waals surface area contributed by atoms with Gasteiger partial charge < -0.3 is 30.2 Å². The van der Waals surface area contributed by atoms with Crippen molar-refractivity contribution >= 4 is 38.8 Å². The number of phenolic OH excluding ortho intramolecular Hbond substituents is 1. The fourth-order valence-corrected chi connectivity index (χ4v) is 8.00. The molecule has 1 atom stereocenters. The molecule has 4 heterocycles. The minimum Gasteiger partial charge on any atom is -0.506 e. The van der Waals surface area contributed by atoms with E-state index in [2.05, 4.69) is 15.2 Å². The number of benzene rings is 2. The van der Waals surface area contributed by atoms with Crippen molar-refractivity contribution in [1.82, 2.24) is 20.1 Å². The molecule has 2 aliphatic heterocycles. The molecule has 1 amide bonds. The summed E-state index contributed by atoms with van der Waals surface area (Å²) in [7, 11) is 0. The minimum atomic E-state index is -0.985. The topological polar surface area (TPSA) is 118 Å². The summed E-state index contributed by atoms with van der Waals surface area (Å²) < 4.78 is 36.9. The lowest BCUT2D eigenvalue weighted by Gasteiger charge is -2.47. The number of thiazole rings is 1. The largest absolute Gasteiger partial charge is 0.506 e. The van der Waals surface area contributed by atoms with Gasteiger partial charge in [0.15, 0.2) is 0 Å². The predicted octanol–water partition coefficient (Wildman–Crippen LogP) is 4.32. The summed E-state index contributed by atoms with van der Waals surface area (Å²) in [4.78, 5) is 32.9. The molecule has 1 spiro atoms. The van der Waals surface area contributed by atoms with Gasteiger partial charge in [-0.25, -0.2) is 8.78 Å². The Bertz CT molecular complexity index is 1750. The number of ether oxygens (including phenoxy) is 1. The van der Waals surface area contributed by atoms with E-state index >= 15 is 4.39 Å². The monoisotopic (exact) mass is 658 g/mol. The van der Waals surface area contributed by atoms with Gasteiger partial charge in [0.25, 0.3) is 5.91 Å². The van der Waals surface area contributed by atoms with Gasteiger partial charge in [0, 0.05) is 54.3 Å². The quantitative estimate of drug-likeness (QED) is 0.198. The summed E-state index contributed by atoms with van der Waals surface area (Å²) in [6.45, 7) is 5.59. The highest BCUT2D eigenvalue weighted by atomic mass is 32.1. The fraction of sp³-hybridized carbons (Fsp3) is 0.438. The number of amides is 1. The number of aromatic hydroxyl groups is 1. The molecular formula is C32H36F2N4O5S2. The van der Waals surface area contributed by atoms with Gasteiger partial charge in [0.1, 0.15) is 22.9 Å². The van der Waals surface area contributed by atoms with Gasteiger partial charge in [0.05, 0.1) is 34.4 Å². The zero-order valence-electron chi connectivity index (χ0n) is 24.9. The van der Waals surface area contributed by atoms with E-state index in [1.165, 1.54) is 29.5 Å². The Morgan fingerprint density at radius 3 is 2.69 bits per heavy atom. The average molecular weight is 659 g/mol. The van der Waals surface area contributed by atoms with Crippen LogP contribution in [0.2, 0.25) is 0 Å². The van der Waals surface area contributed by atoms with E-state index in [0.29, 0.717) is 55.2 Å². The number of aliphatic hydroxyl groups excluding tert-OH is 1. The number of aliphatic hydroxyl groups is 1. The number of rotatable bonds is 9. The highest BCUT2D eigenvalue weighted by Crippen LogP contribution is 2.33. The molecule has 2 fully saturated rings. The molecule has 9 nitrogen and oxygen atoms in total. The van der Waals surface area contributed by atoms with Crippen LogP contribution in [0.4, 0.5) is 8.78 Å². The number of morpholine rings is 1. The Hall–Kier alpha value is -3.20. The first-order valence-corrected chi connectivity index (χ1v) is 16.7. The van der Waals surface area contributed by atoms with Gasteiger partial charge in [0.2, 0.25) is 0 Å². The number of aromatic nitrogens is 1. The van der Waals surface area contributed by atoms with Crippen LogP contribution in [0.3, 0.4) is 0 Å². The van der Waals surface area contributed by atoms with Gasteiger partial charge in [-0.15, -0.1) is 11.3 Å². The molecule has 45 heavy (non-hydrogen) atoms. The maximum absolute atomic E-state index is 15.5. The van der Waals surface area contributed by atoms with E-state index in [4.69, 9.17) is 4.74 Å². The second-order valence-corrected chi connectivity index (χ2v) is 14.1. The van der Waals surface area contributed by atoms with Crippen molar-refractivity contribution in [2.24, 2.45) is 0 Å². The number of thiophene rings is 1. The van der Waals surface area contributed by atoms with Crippen LogP contribution in [0.1, 0.15) is 50.2 Å². The van der Waals surface area contributed by atoms with E-state index in [0.717, 1.165) is 33.9 Å². The van der Waals surface area contributed by atoms with E-state index < -0.39 is 23.3 Å². The zero-order valence-corrected chi connectivity index (χ0v) is 26.5. The first kappa shape index (κ1) is 31.8. The molecule has 2 aromatic carbocycles. The lowest BCUT2D eigenvalue weighted by molar-refractivity contribution is -0.127. The van der Waals surface area contributed by atoms with Crippen LogP contribution in [-0.2, 0) is 17.7 Å². The lowest BCUT2D eigenvalue weighted by Crippen LogP contribution is -2.57. The molecule has 6 rings (SSSR count). The molecule has 0 aliphatic carbocycles. The number of likely N-dealkylation sites (tertiary alicyclic amines) is 1. The average Bonchev–Trinajstić information content (AvgIpc) is 3.64. The number of hydrogen-bond acceptors (Lipinski definition) is 9. The molecule has 2 aliphatic rings. The third kappa shape index (κ3) is 6.83. The number of nitrogens with one attached hydrogen (secondary N) is 2. The number of aryl methyl sites for hydroxylation is 1. The lowest BCUT2D eigenvalue weighted by atomic mass is 9.89. The molecule has 0 bridgehead atoms. The molecule has 0 saturated carbocycles. The van der Waals surface area contributed by atoms with Crippen molar-refractivity contribution in [3.63, 3.8) is 0 Å². The molecule has 4 N–H and O–H groups in total. The highest BCUT2D eigenvalue weighted by molar-refractivity contribution is 7.16. The van der Waals surface area contributed by atoms with E-state index in [9.17, 15) is 24.2 Å². The number of hydrogen-bond donors (Lipinski definition) is 4. The Kier molecular flexibility index (Phi) is 9.37. The Morgan fingerprint density at radius 2 is 1.93 bits per heavy atom. The van der Waals surface area contributed by atoms with Crippen LogP contribution in [0.15, 0.2) is 41.2 Å². The fourth-order valence-electron chi connectivity index (χ4n) is 6.25. The zero-order chi connectivity index (χ0) is 31.7. The summed E-state index contributed by atoms with van der Waals surface area (Å²) in [5.41, 5.74) is 0.763. The predicted molar refractivity (Wildman–Crippen MR) is 170 cm³/mol. The first-order valence-electron chi connectivity index (χ1n) is 15.0. The summed E-state index contributed by atoms with van der Waals surface area (Å²) in [5, 5.41) is 23.7. The van der Waals surface area contributed by atoms with Crippen molar-refractivity contribution in [1.29, 1.82) is 0 Å². The van der Waals surface area contributed by atoms with Gasteiger partial charge in [-0.2, -0.15) is 0 Å². The van der Waals surface area contributed by atoms with E-state index in [-0.39, 0.29) is 47.1 Å². The minimum absolute atomic E-state index is 0.00701. The maximum Gasteiger partial charge on any atom is 0.305 e. The molecule has 4 aromatic rings. The second-order valence-electron chi connectivity index (χ2n) is 11.8. The third-order valence-corrected chi connectivity index (χ3v) is 10.7. The number of phenols is 1. The highest BCUT2D eigenvalue weighted by Gasteiger charge is 2.41. The van der Waals surface area contributed by atoms with Crippen LogP contribution in [0.5, 0.6) is 5.75 Å². The van der Waals surface area contributed by atoms with Crippen LogP contribution < -0.4 is 10.2 Å². The van der Waals surface area contributed by atoms with Crippen LogP contribution in [-0.4, -0.2) is 82.4 Å². The number of nitrogens with zero attached hydrogens (tertiary/aromatic N) is 2. The standard InChI is InChI=1S/C32H36F2N4O5S2/c1-19-2-7-26(44-19)30(41)38-14-15-43-32(18-38)9-12-37(13-10-32)17-20-3-5-23(33)21(27(20)34)8-11-35-16-25(40)22-4-6-24(39)28-29(22)45-31(42)36-28/h2-7,25,35,39-40H,8-18H2,1H3,(H,36,42)/t25-/m0/s1. The molecule has 2 aromatic heterocycles. The number of aromatic amines is 1. The summed E-state index contributed by atoms with van der Waals surface area (Å²) in [6.07, 6.45) is 0.538. The van der Waals surface area contributed by atoms with E-state index in [1.807, 2.05) is 24.0 Å². The van der Waals surface area contributed by atoms with Gasteiger partial charge >= 0.3 is 4.87 Å². The summed E-state index contributed by atoms with van der Waals surface area (Å²) in [5.74, 6) is -1.21. The first-order chi connectivity index (χ1) is 21.6. The Balaban J connectivity index is 1.02. The second kappa shape index (κ2) is 13.3.